The molecule has 0 unspecified atom stereocenters. The summed E-state index contributed by atoms with van der Waals surface area (Å²) in [5, 5.41) is 11.2. The number of piperazine rings is 1. The first-order chi connectivity index (χ1) is 11.5. The number of halogens is 1. The van der Waals surface area contributed by atoms with Crippen LogP contribution in [0.15, 0.2) is 12.1 Å². The minimum atomic E-state index is -0.418. The minimum Gasteiger partial charge on any atom is -0.371 e. The van der Waals surface area contributed by atoms with Crippen LogP contribution in [0.5, 0.6) is 0 Å². The molecule has 0 saturated carbocycles. The van der Waals surface area contributed by atoms with Crippen molar-refractivity contribution in [1.29, 1.82) is 0 Å². The number of hydrogen-bond acceptors (Lipinski definition) is 5. The molecule has 0 aromatic heterocycles. The molecule has 2 aliphatic rings. The average Bonchev–Trinajstić information content (AvgIpc) is 2.57. The number of nitro groups is 1. The molecule has 132 valence electrons. The Bertz CT molecular complexity index is 609. The molecule has 0 bridgehead atoms. The first-order valence-electron chi connectivity index (χ1n) is 8.58. The molecule has 1 aromatic rings. The van der Waals surface area contributed by atoms with Gasteiger partial charge in [0.05, 0.1) is 4.92 Å². The lowest BCUT2D eigenvalue weighted by molar-refractivity contribution is -0.384. The molecule has 1 aromatic carbocycles. The lowest BCUT2D eigenvalue weighted by atomic mass is 10.0. The standard InChI is InChI=1S/C17H25ClN4O2/c1-13-11-17(22(23)24)15(18)12-16(13)21-5-3-14(4-6-21)20-9-7-19(2)8-10-20/h11-12,14H,3-10H2,1-2H3. The molecule has 2 fully saturated rings. The molecule has 0 radical (unpaired) electrons. The summed E-state index contributed by atoms with van der Waals surface area (Å²) in [6.07, 6.45) is 2.27. The van der Waals surface area contributed by atoms with Crippen LogP contribution in [-0.2, 0) is 0 Å². The predicted octanol–water partition coefficient (Wildman–Crippen LogP) is 2.77. The van der Waals surface area contributed by atoms with Gasteiger partial charge < -0.3 is 9.80 Å². The smallest absolute Gasteiger partial charge is 0.288 e. The van der Waals surface area contributed by atoms with Crippen molar-refractivity contribution < 1.29 is 4.92 Å². The van der Waals surface area contributed by atoms with Crippen LogP contribution < -0.4 is 4.90 Å². The zero-order valence-corrected chi connectivity index (χ0v) is 15.1. The van der Waals surface area contributed by atoms with Crippen molar-refractivity contribution in [3.8, 4) is 0 Å². The van der Waals surface area contributed by atoms with Crippen molar-refractivity contribution in [1.82, 2.24) is 9.80 Å². The first kappa shape index (κ1) is 17.5. The van der Waals surface area contributed by atoms with E-state index in [-0.39, 0.29) is 10.7 Å². The van der Waals surface area contributed by atoms with Gasteiger partial charge in [-0.1, -0.05) is 11.6 Å². The van der Waals surface area contributed by atoms with Crippen LogP contribution in [0.1, 0.15) is 18.4 Å². The van der Waals surface area contributed by atoms with E-state index in [1.165, 1.54) is 0 Å². The molecule has 7 heteroatoms. The van der Waals surface area contributed by atoms with E-state index in [0.29, 0.717) is 6.04 Å². The van der Waals surface area contributed by atoms with Gasteiger partial charge in [-0.15, -0.1) is 0 Å². The Morgan fingerprint density at radius 3 is 2.33 bits per heavy atom. The van der Waals surface area contributed by atoms with Crippen LogP contribution in [0.4, 0.5) is 11.4 Å². The van der Waals surface area contributed by atoms with E-state index in [4.69, 9.17) is 11.6 Å². The third-order valence-electron chi connectivity index (χ3n) is 5.32. The zero-order valence-electron chi connectivity index (χ0n) is 14.4. The lowest BCUT2D eigenvalue weighted by Crippen LogP contribution is -2.52. The van der Waals surface area contributed by atoms with Crippen molar-refractivity contribution in [3.05, 3.63) is 32.8 Å². The minimum absolute atomic E-state index is 0.00904. The van der Waals surface area contributed by atoms with Crippen molar-refractivity contribution in [3.63, 3.8) is 0 Å². The fraction of sp³-hybridized carbons (Fsp3) is 0.647. The van der Waals surface area contributed by atoms with Gasteiger partial charge in [0.1, 0.15) is 5.02 Å². The van der Waals surface area contributed by atoms with Crippen LogP contribution in [0, 0.1) is 17.0 Å². The second-order valence-electron chi connectivity index (χ2n) is 6.90. The Hall–Kier alpha value is -1.37. The van der Waals surface area contributed by atoms with Gasteiger partial charge in [0.2, 0.25) is 0 Å². The van der Waals surface area contributed by atoms with Gasteiger partial charge >= 0.3 is 0 Å². The quantitative estimate of drug-likeness (QED) is 0.618. The third kappa shape index (κ3) is 3.66. The van der Waals surface area contributed by atoms with Gasteiger partial charge in [-0.05, 0) is 38.4 Å². The number of rotatable bonds is 3. The summed E-state index contributed by atoms with van der Waals surface area (Å²) in [5.41, 5.74) is 1.94. The molecule has 6 nitrogen and oxygen atoms in total. The summed E-state index contributed by atoms with van der Waals surface area (Å²) >= 11 is 6.10. The zero-order chi connectivity index (χ0) is 17.3. The molecule has 0 aliphatic carbocycles. The van der Waals surface area contributed by atoms with E-state index in [1.807, 2.05) is 6.92 Å². The first-order valence-corrected chi connectivity index (χ1v) is 8.95. The van der Waals surface area contributed by atoms with Crippen LogP contribution in [0.2, 0.25) is 5.02 Å². The lowest BCUT2D eigenvalue weighted by Gasteiger charge is -2.42. The second-order valence-corrected chi connectivity index (χ2v) is 7.31. The van der Waals surface area contributed by atoms with Crippen molar-refractivity contribution in [2.45, 2.75) is 25.8 Å². The third-order valence-corrected chi connectivity index (χ3v) is 5.62. The van der Waals surface area contributed by atoms with E-state index in [9.17, 15) is 10.1 Å². The molecule has 0 spiro atoms. The van der Waals surface area contributed by atoms with Gasteiger partial charge in [0, 0.05) is 57.1 Å². The van der Waals surface area contributed by atoms with Crippen LogP contribution in [-0.4, -0.2) is 67.1 Å². The average molecular weight is 353 g/mol. The van der Waals surface area contributed by atoms with E-state index in [1.54, 1.807) is 12.1 Å². The Morgan fingerprint density at radius 2 is 1.75 bits per heavy atom. The second kappa shape index (κ2) is 7.25. The molecule has 3 rings (SSSR count). The molecule has 24 heavy (non-hydrogen) atoms. The van der Waals surface area contributed by atoms with Crippen LogP contribution in [0.25, 0.3) is 0 Å². The van der Waals surface area contributed by atoms with Crippen molar-refractivity contribution >= 4 is 23.0 Å². The number of aryl methyl sites for hydroxylation is 1. The molecular weight excluding hydrogens is 328 g/mol. The van der Waals surface area contributed by atoms with Gasteiger partial charge in [-0.3, -0.25) is 15.0 Å². The molecule has 2 saturated heterocycles. The maximum Gasteiger partial charge on any atom is 0.288 e. The molecule has 0 N–H and O–H groups in total. The Kier molecular flexibility index (Phi) is 5.27. The summed E-state index contributed by atoms with van der Waals surface area (Å²) in [5.74, 6) is 0. The molecule has 2 heterocycles. The number of piperidine rings is 1. The molecule has 0 atom stereocenters. The maximum atomic E-state index is 11.0. The van der Waals surface area contributed by atoms with Gasteiger partial charge in [-0.2, -0.15) is 0 Å². The van der Waals surface area contributed by atoms with E-state index < -0.39 is 4.92 Å². The van der Waals surface area contributed by atoms with Gasteiger partial charge in [0.15, 0.2) is 0 Å². The number of nitrogens with zero attached hydrogens (tertiary/aromatic N) is 4. The fourth-order valence-electron chi connectivity index (χ4n) is 3.80. The maximum absolute atomic E-state index is 11.0. The van der Waals surface area contributed by atoms with Crippen LogP contribution >= 0.6 is 11.6 Å². The van der Waals surface area contributed by atoms with Gasteiger partial charge in [-0.25, -0.2) is 0 Å². The number of likely N-dealkylation sites (N-methyl/N-ethyl adjacent to an activating group) is 1. The summed E-state index contributed by atoms with van der Waals surface area (Å²) in [6, 6.07) is 4.00. The highest BCUT2D eigenvalue weighted by atomic mass is 35.5. The highest BCUT2D eigenvalue weighted by molar-refractivity contribution is 6.33. The van der Waals surface area contributed by atoms with E-state index in [0.717, 1.165) is 63.4 Å². The monoisotopic (exact) mass is 352 g/mol. The molecule has 0 amide bonds. The van der Waals surface area contributed by atoms with Crippen LogP contribution in [0.3, 0.4) is 0 Å². The summed E-state index contributed by atoms with van der Waals surface area (Å²) < 4.78 is 0. The summed E-state index contributed by atoms with van der Waals surface area (Å²) in [6.45, 7) is 8.49. The number of hydrogen-bond donors (Lipinski definition) is 0. The van der Waals surface area contributed by atoms with Crippen molar-refractivity contribution in [2.75, 3.05) is 51.2 Å². The number of anilines is 1. The largest absolute Gasteiger partial charge is 0.371 e. The summed E-state index contributed by atoms with van der Waals surface area (Å²) in [4.78, 5) is 17.9. The van der Waals surface area contributed by atoms with Gasteiger partial charge in [0.25, 0.3) is 5.69 Å². The van der Waals surface area contributed by atoms with E-state index in [2.05, 4.69) is 21.7 Å². The number of nitro benzene ring substituents is 1. The summed E-state index contributed by atoms with van der Waals surface area (Å²) in [7, 11) is 2.18. The predicted molar refractivity (Wildman–Crippen MR) is 97.1 cm³/mol. The Balaban J connectivity index is 1.64. The van der Waals surface area contributed by atoms with E-state index >= 15 is 0 Å². The topological polar surface area (TPSA) is 52.9 Å². The highest BCUT2D eigenvalue weighted by Crippen LogP contribution is 2.34. The number of benzene rings is 1. The normalized spacial score (nSPS) is 21.2. The SMILES string of the molecule is Cc1cc([N+](=O)[O-])c(Cl)cc1N1CCC(N2CCN(C)CC2)CC1. The Labute approximate surface area is 148 Å². The highest BCUT2D eigenvalue weighted by Gasteiger charge is 2.28. The van der Waals surface area contributed by atoms with Crippen molar-refractivity contribution in [2.24, 2.45) is 0 Å². The fourth-order valence-corrected chi connectivity index (χ4v) is 4.02. The molecule has 2 aliphatic heterocycles. The molecular formula is C17H25ClN4O2. The Morgan fingerprint density at radius 1 is 1.12 bits per heavy atom.